The lowest BCUT2D eigenvalue weighted by Crippen LogP contribution is -2.13. The summed E-state index contributed by atoms with van der Waals surface area (Å²) in [4.78, 5) is 0. The summed E-state index contributed by atoms with van der Waals surface area (Å²) in [5.41, 5.74) is 0. The highest BCUT2D eigenvalue weighted by atomic mass is 14.3. The summed E-state index contributed by atoms with van der Waals surface area (Å²) in [6, 6.07) is 0. The van der Waals surface area contributed by atoms with Crippen molar-refractivity contribution in [1.82, 2.24) is 0 Å². The van der Waals surface area contributed by atoms with Crippen molar-refractivity contribution >= 4 is 0 Å². The standard InChI is InChI=1S/C22H38/c1-3-7-19-11-15-21(16-12-19)9-5-6-10-22-17-13-20(8-4-2)14-18-22/h3,6-7,10,19-22H,4-5,8-9,11-18H2,1-2H3/t19-,20-,21-,22-. The number of allylic oxidation sites excluding steroid dienone is 4. The van der Waals surface area contributed by atoms with Crippen molar-refractivity contribution in [2.24, 2.45) is 23.7 Å². The van der Waals surface area contributed by atoms with Crippen LogP contribution in [0.3, 0.4) is 0 Å². The molecule has 0 aromatic carbocycles. The topological polar surface area (TPSA) is 0 Å². The summed E-state index contributed by atoms with van der Waals surface area (Å²) in [7, 11) is 0. The molecule has 0 spiro atoms. The molecule has 0 N–H and O–H groups in total. The maximum atomic E-state index is 2.56. The molecule has 0 aromatic heterocycles. The quantitative estimate of drug-likeness (QED) is 0.432. The summed E-state index contributed by atoms with van der Waals surface area (Å²) < 4.78 is 0. The van der Waals surface area contributed by atoms with E-state index in [0.29, 0.717) is 0 Å². The van der Waals surface area contributed by atoms with Gasteiger partial charge in [0.25, 0.3) is 0 Å². The first-order chi connectivity index (χ1) is 10.8. The minimum atomic E-state index is 0.884. The van der Waals surface area contributed by atoms with Crippen LogP contribution in [0.1, 0.15) is 90.9 Å². The molecule has 0 heteroatoms. The molecule has 22 heavy (non-hydrogen) atoms. The van der Waals surface area contributed by atoms with Crippen LogP contribution in [0.25, 0.3) is 0 Å². The zero-order valence-corrected chi connectivity index (χ0v) is 15.1. The third-order valence-corrected chi connectivity index (χ3v) is 6.09. The predicted octanol–water partition coefficient (Wildman–Crippen LogP) is 7.31. The largest absolute Gasteiger partial charge is 0.0914 e. The van der Waals surface area contributed by atoms with E-state index in [-0.39, 0.29) is 0 Å². The summed E-state index contributed by atoms with van der Waals surface area (Å²) in [5.74, 6) is 3.84. The summed E-state index contributed by atoms with van der Waals surface area (Å²) in [6.45, 7) is 4.49. The second kappa shape index (κ2) is 10.3. The van der Waals surface area contributed by atoms with Crippen molar-refractivity contribution in [3.05, 3.63) is 24.3 Å². The smallest absolute Gasteiger partial charge is 0.0233 e. The Balaban J connectivity index is 1.55. The van der Waals surface area contributed by atoms with Gasteiger partial charge in [-0.2, -0.15) is 0 Å². The van der Waals surface area contributed by atoms with Crippen molar-refractivity contribution < 1.29 is 0 Å². The normalized spacial score (nSPS) is 33.7. The van der Waals surface area contributed by atoms with Crippen molar-refractivity contribution in [2.75, 3.05) is 0 Å². The van der Waals surface area contributed by atoms with Crippen molar-refractivity contribution in [3.63, 3.8) is 0 Å². The van der Waals surface area contributed by atoms with Gasteiger partial charge in [0.1, 0.15) is 0 Å². The number of hydrogen-bond acceptors (Lipinski definition) is 0. The van der Waals surface area contributed by atoms with Gasteiger partial charge in [-0.3, -0.25) is 0 Å². The third kappa shape index (κ3) is 6.31. The highest BCUT2D eigenvalue weighted by Gasteiger charge is 2.19. The summed E-state index contributed by atoms with van der Waals surface area (Å²) in [5, 5.41) is 0. The molecular weight excluding hydrogens is 264 g/mol. The second-order valence-electron chi connectivity index (χ2n) is 7.88. The number of hydrogen-bond donors (Lipinski definition) is 0. The molecule has 0 saturated heterocycles. The Morgan fingerprint density at radius 2 is 1.27 bits per heavy atom. The van der Waals surface area contributed by atoms with Gasteiger partial charge in [-0.15, -0.1) is 0 Å². The maximum Gasteiger partial charge on any atom is -0.0233 e. The van der Waals surface area contributed by atoms with E-state index in [4.69, 9.17) is 0 Å². The molecule has 2 fully saturated rings. The van der Waals surface area contributed by atoms with Crippen molar-refractivity contribution in [3.8, 4) is 0 Å². The van der Waals surface area contributed by atoms with Crippen LogP contribution in [0.5, 0.6) is 0 Å². The van der Waals surface area contributed by atoms with Gasteiger partial charge < -0.3 is 0 Å². The molecular formula is C22H38. The average Bonchev–Trinajstić information content (AvgIpc) is 2.55. The first-order valence-corrected chi connectivity index (χ1v) is 10.1. The Morgan fingerprint density at radius 1 is 0.727 bits per heavy atom. The molecule has 0 nitrogen and oxygen atoms in total. The van der Waals surface area contributed by atoms with Gasteiger partial charge in [0.2, 0.25) is 0 Å². The fourth-order valence-corrected chi connectivity index (χ4v) is 4.64. The fourth-order valence-electron chi connectivity index (χ4n) is 4.64. The minimum absolute atomic E-state index is 0.884. The molecule has 0 bridgehead atoms. The van der Waals surface area contributed by atoms with Gasteiger partial charge in [-0.1, -0.05) is 44.1 Å². The van der Waals surface area contributed by atoms with Crippen molar-refractivity contribution in [2.45, 2.75) is 90.9 Å². The molecule has 0 amide bonds. The lowest BCUT2D eigenvalue weighted by Gasteiger charge is -2.27. The van der Waals surface area contributed by atoms with E-state index >= 15 is 0 Å². The van der Waals surface area contributed by atoms with Crippen LogP contribution in [0.4, 0.5) is 0 Å². The molecule has 0 heterocycles. The van der Waals surface area contributed by atoms with Crippen LogP contribution < -0.4 is 0 Å². The lowest BCUT2D eigenvalue weighted by molar-refractivity contribution is 0.291. The molecule has 2 aliphatic rings. The molecule has 2 aliphatic carbocycles. The van der Waals surface area contributed by atoms with Crippen LogP contribution in [0.2, 0.25) is 0 Å². The molecule has 2 rings (SSSR count). The van der Waals surface area contributed by atoms with Gasteiger partial charge in [-0.05, 0) is 94.8 Å². The summed E-state index contributed by atoms with van der Waals surface area (Å²) in [6.07, 6.45) is 27.0. The second-order valence-corrected chi connectivity index (χ2v) is 7.88. The van der Waals surface area contributed by atoms with Gasteiger partial charge in [0, 0.05) is 0 Å². The van der Waals surface area contributed by atoms with E-state index < -0.39 is 0 Å². The molecule has 0 radical (unpaired) electrons. The van der Waals surface area contributed by atoms with Gasteiger partial charge in [-0.25, -0.2) is 0 Å². The maximum absolute atomic E-state index is 2.56. The van der Waals surface area contributed by atoms with Gasteiger partial charge in [0.05, 0.1) is 0 Å². The summed E-state index contributed by atoms with van der Waals surface area (Å²) >= 11 is 0. The molecule has 2 saturated carbocycles. The minimum Gasteiger partial charge on any atom is -0.0914 e. The highest BCUT2D eigenvalue weighted by Crippen LogP contribution is 2.34. The third-order valence-electron chi connectivity index (χ3n) is 6.09. The van der Waals surface area contributed by atoms with E-state index in [9.17, 15) is 0 Å². The van der Waals surface area contributed by atoms with Crippen molar-refractivity contribution in [1.29, 1.82) is 0 Å². The number of rotatable bonds is 7. The van der Waals surface area contributed by atoms with E-state index in [1.165, 1.54) is 77.0 Å². The Morgan fingerprint density at radius 3 is 1.82 bits per heavy atom. The van der Waals surface area contributed by atoms with Crippen LogP contribution >= 0.6 is 0 Å². The molecule has 0 unspecified atom stereocenters. The van der Waals surface area contributed by atoms with Crippen LogP contribution in [0.15, 0.2) is 24.3 Å². The Labute approximate surface area is 139 Å². The van der Waals surface area contributed by atoms with Gasteiger partial charge >= 0.3 is 0 Å². The average molecular weight is 303 g/mol. The SMILES string of the molecule is CC=C[C@H]1CC[C@H](CCC=C[C@H]2CC[C@H](CCC)CC2)CC1. The molecule has 0 aromatic rings. The zero-order valence-electron chi connectivity index (χ0n) is 15.1. The Bertz CT molecular complexity index is 322. The first-order valence-electron chi connectivity index (χ1n) is 10.1. The van der Waals surface area contributed by atoms with E-state index in [0.717, 1.165) is 23.7 Å². The zero-order chi connectivity index (χ0) is 15.6. The lowest BCUT2D eigenvalue weighted by atomic mass is 9.79. The van der Waals surface area contributed by atoms with Crippen LogP contribution in [-0.2, 0) is 0 Å². The van der Waals surface area contributed by atoms with Crippen LogP contribution in [-0.4, -0.2) is 0 Å². The van der Waals surface area contributed by atoms with Crippen LogP contribution in [0, 0.1) is 23.7 Å². The van der Waals surface area contributed by atoms with E-state index in [2.05, 4.69) is 38.2 Å². The van der Waals surface area contributed by atoms with Gasteiger partial charge in [0.15, 0.2) is 0 Å². The van der Waals surface area contributed by atoms with E-state index in [1.54, 1.807) is 0 Å². The molecule has 126 valence electrons. The molecule has 0 atom stereocenters. The Hall–Kier alpha value is -0.520. The predicted molar refractivity (Wildman–Crippen MR) is 99.0 cm³/mol. The van der Waals surface area contributed by atoms with E-state index in [1.807, 2.05) is 0 Å². The monoisotopic (exact) mass is 302 g/mol. The fraction of sp³-hybridized carbons (Fsp3) is 0.818. The first kappa shape index (κ1) is 17.8. The Kier molecular flexibility index (Phi) is 8.34. The molecule has 0 aliphatic heterocycles. The highest BCUT2D eigenvalue weighted by molar-refractivity contribution is 4.92.